The van der Waals surface area contributed by atoms with Gasteiger partial charge in [0.05, 0.1) is 7.11 Å². The number of carboxylic acids is 1. The van der Waals surface area contributed by atoms with E-state index in [2.05, 4.69) is 5.32 Å². The van der Waals surface area contributed by atoms with Gasteiger partial charge in [0.2, 0.25) is 0 Å². The van der Waals surface area contributed by atoms with Crippen LogP contribution >= 0.6 is 0 Å². The van der Waals surface area contributed by atoms with Crippen molar-refractivity contribution in [1.82, 2.24) is 5.32 Å². The molecule has 5 nitrogen and oxygen atoms in total. The standard InChI is InChI=1S/C16H15NO4/c1-21-14-8-7-11(9-13(14)16(19)20)10-17-15(18)12-5-3-2-4-6-12/h2-9H,10H2,1H3,(H,17,18)(H,19,20). The number of rotatable bonds is 5. The van der Waals surface area contributed by atoms with Gasteiger partial charge in [-0.3, -0.25) is 4.79 Å². The molecule has 2 N–H and O–H groups in total. The number of nitrogens with one attached hydrogen (secondary N) is 1. The largest absolute Gasteiger partial charge is 0.496 e. The van der Waals surface area contributed by atoms with Crippen molar-refractivity contribution in [1.29, 1.82) is 0 Å². The highest BCUT2D eigenvalue weighted by Gasteiger charge is 2.12. The summed E-state index contributed by atoms with van der Waals surface area (Å²) in [7, 11) is 1.42. The Labute approximate surface area is 122 Å². The Balaban J connectivity index is 2.09. The van der Waals surface area contributed by atoms with Crippen molar-refractivity contribution in [2.24, 2.45) is 0 Å². The zero-order chi connectivity index (χ0) is 15.2. The summed E-state index contributed by atoms with van der Waals surface area (Å²) in [6.07, 6.45) is 0. The second-order valence-corrected chi connectivity index (χ2v) is 4.39. The SMILES string of the molecule is COc1ccc(CNC(=O)c2ccccc2)cc1C(=O)O. The van der Waals surface area contributed by atoms with Crippen LogP contribution in [0.4, 0.5) is 0 Å². The number of benzene rings is 2. The van der Waals surface area contributed by atoms with Gasteiger partial charge in [-0.2, -0.15) is 0 Å². The zero-order valence-electron chi connectivity index (χ0n) is 11.5. The predicted octanol–water partition coefficient (Wildman–Crippen LogP) is 2.32. The summed E-state index contributed by atoms with van der Waals surface area (Å²) in [6.45, 7) is 0.248. The first-order valence-corrected chi connectivity index (χ1v) is 6.35. The molecule has 0 saturated heterocycles. The van der Waals surface area contributed by atoms with Crippen LogP contribution in [-0.4, -0.2) is 24.1 Å². The number of carboxylic acid groups (broad SMARTS) is 1. The third kappa shape index (κ3) is 3.60. The Morgan fingerprint density at radius 3 is 2.48 bits per heavy atom. The lowest BCUT2D eigenvalue weighted by Gasteiger charge is -2.09. The smallest absolute Gasteiger partial charge is 0.339 e. The minimum atomic E-state index is -1.07. The molecule has 0 saturated carbocycles. The molecular weight excluding hydrogens is 270 g/mol. The Morgan fingerprint density at radius 2 is 1.86 bits per heavy atom. The van der Waals surface area contributed by atoms with Crippen LogP contribution < -0.4 is 10.1 Å². The highest BCUT2D eigenvalue weighted by atomic mass is 16.5. The lowest BCUT2D eigenvalue weighted by atomic mass is 10.1. The molecule has 0 radical (unpaired) electrons. The van der Waals surface area contributed by atoms with Crippen molar-refractivity contribution >= 4 is 11.9 Å². The van der Waals surface area contributed by atoms with Gasteiger partial charge in [0.1, 0.15) is 11.3 Å². The fourth-order valence-electron chi connectivity index (χ4n) is 1.91. The third-order valence-electron chi connectivity index (χ3n) is 2.98. The average Bonchev–Trinajstić information content (AvgIpc) is 2.53. The Bertz CT molecular complexity index is 653. The lowest BCUT2D eigenvalue weighted by molar-refractivity contribution is 0.0693. The fraction of sp³-hybridized carbons (Fsp3) is 0.125. The van der Waals surface area contributed by atoms with Crippen molar-refractivity contribution in [3.63, 3.8) is 0 Å². The second-order valence-electron chi connectivity index (χ2n) is 4.39. The van der Waals surface area contributed by atoms with E-state index in [0.717, 1.165) is 0 Å². The first-order valence-electron chi connectivity index (χ1n) is 6.35. The topological polar surface area (TPSA) is 75.6 Å². The Morgan fingerprint density at radius 1 is 1.14 bits per heavy atom. The third-order valence-corrected chi connectivity index (χ3v) is 2.98. The van der Waals surface area contributed by atoms with Crippen LogP contribution in [0.1, 0.15) is 26.3 Å². The monoisotopic (exact) mass is 285 g/mol. The van der Waals surface area contributed by atoms with Gasteiger partial charge in [-0.05, 0) is 29.8 Å². The normalized spacial score (nSPS) is 9.95. The number of aromatic carboxylic acids is 1. The summed E-state index contributed by atoms with van der Waals surface area (Å²) < 4.78 is 4.99. The first kappa shape index (κ1) is 14.6. The molecule has 0 spiro atoms. The number of ether oxygens (including phenoxy) is 1. The van der Waals surface area contributed by atoms with E-state index in [9.17, 15) is 9.59 Å². The summed E-state index contributed by atoms with van der Waals surface area (Å²) in [5.74, 6) is -0.980. The summed E-state index contributed by atoms with van der Waals surface area (Å²) in [5, 5.41) is 11.9. The van der Waals surface area contributed by atoms with E-state index in [1.165, 1.54) is 13.2 Å². The number of hydrogen-bond acceptors (Lipinski definition) is 3. The maximum atomic E-state index is 11.9. The van der Waals surface area contributed by atoms with Gasteiger partial charge < -0.3 is 15.2 Å². The van der Waals surface area contributed by atoms with Gasteiger partial charge in [-0.15, -0.1) is 0 Å². The van der Waals surface area contributed by atoms with Gasteiger partial charge in [0.15, 0.2) is 0 Å². The Kier molecular flexibility index (Phi) is 4.56. The number of hydrogen-bond donors (Lipinski definition) is 2. The average molecular weight is 285 g/mol. The van der Waals surface area contributed by atoms with Gasteiger partial charge in [-0.25, -0.2) is 4.79 Å². The van der Waals surface area contributed by atoms with Crippen molar-refractivity contribution in [2.45, 2.75) is 6.54 Å². The van der Waals surface area contributed by atoms with Gasteiger partial charge in [-0.1, -0.05) is 24.3 Å². The molecule has 2 aromatic rings. The van der Waals surface area contributed by atoms with Crippen molar-refractivity contribution in [2.75, 3.05) is 7.11 Å². The maximum Gasteiger partial charge on any atom is 0.339 e. The quantitative estimate of drug-likeness (QED) is 0.884. The molecule has 0 unspecified atom stereocenters. The molecular formula is C16H15NO4. The fourth-order valence-corrected chi connectivity index (χ4v) is 1.91. The van der Waals surface area contributed by atoms with E-state index < -0.39 is 5.97 Å². The molecule has 0 atom stereocenters. The minimum absolute atomic E-state index is 0.0731. The number of amides is 1. The summed E-state index contributed by atoms with van der Waals surface area (Å²) in [5.41, 5.74) is 1.32. The van der Waals surface area contributed by atoms with Gasteiger partial charge in [0, 0.05) is 12.1 Å². The second kappa shape index (κ2) is 6.56. The molecule has 0 aromatic heterocycles. The van der Waals surface area contributed by atoms with E-state index in [4.69, 9.17) is 9.84 Å². The summed E-state index contributed by atoms with van der Waals surface area (Å²) in [6, 6.07) is 13.6. The summed E-state index contributed by atoms with van der Waals surface area (Å²) >= 11 is 0. The molecule has 0 aliphatic rings. The van der Waals surface area contributed by atoms with Crippen LogP contribution in [0, 0.1) is 0 Å². The summed E-state index contributed by atoms with van der Waals surface area (Å²) in [4.78, 5) is 23.0. The van der Waals surface area contributed by atoms with Crippen LogP contribution in [0.25, 0.3) is 0 Å². The van der Waals surface area contributed by atoms with Crippen LogP contribution in [0.15, 0.2) is 48.5 Å². The first-order chi connectivity index (χ1) is 10.1. The van der Waals surface area contributed by atoms with E-state index in [0.29, 0.717) is 16.9 Å². The van der Waals surface area contributed by atoms with Gasteiger partial charge in [0.25, 0.3) is 5.91 Å². The van der Waals surface area contributed by atoms with E-state index in [-0.39, 0.29) is 18.0 Å². The Hall–Kier alpha value is -2.82. The molecule has 0 heterocycles. The van der Waals surface area contributed by atoms with Crippen molar-refractivity contribution in [3.8, 4) is 5.75 Å². The molecule has 21 heavy (non-hydrogen) atoms. The van der Waals surface area contributed by atoms with Crippen LogP contribution in [0.2, 0.25) is 0 Å². The molecule has 0 fully saturated rings. The van der Waals surface area contributed by atoms with E-state index in [1.54, 1.807) is 36.4 Å². The highest BCUT2D eigenvalue weighted by Crippen LogP contribution is 2.19. The molecule has 5 heteroatoms. The van der Waals surface area contributed by atoms with Crippen LogP contribution in [0.5, 0.6) is 5.75 Å². The van der Waals surface area contributed by atoms with Crippen LogP contribution in [0.3, 0.4) is 0 Å². The molecule has 2 rings (SSSR count). The van der Waals surface area contributed by atoms with Crippen molar-refractivity contribution < 1.29 is 19.4 Å². The molecule has 0 bridgehead atoms. The van der Waals surface area contributed by atoms with E-state index >= 15 is 0 Å². The predicted molar refractivity (Wildman–Crippen MR) is 77.6 cm³/mol. The molecule has 0 aliphatic carbocycles. The highest BCUT2D eigenvalue weighted by molar-refractivity contribution is 5.94. The minimum Gasteiger partial charge on any atom is -0.496 e. The molecule has 0 aliphatic heterocycles. The number of carbonyl (C=O) groups is 2. The van der Waals surface area contributed by atoms with Crippen molar-refractivity contribution in [3.05, 3.63) is 65.2 Å². The lowest BCUT2D eigenvalue weighted by Crippen LogP contribution is -2.22. The van der Waals surface area contributed by atoms with Crippen LogP contribution in [-0.2, 0) is 6.54 Å². The zero-order valence-corrected chi connectivity index (χ0v) is 11.5. The number of methoxy groups -OCH3 is 1. The van der Waals surface area contributed by atoms with Gasteiger partial charge >= 0.3 is 5.97 Å². The maximum absolute atomic E-state index is 11.9. The molecule has 1 amide bonds. The molecule has 2 aromatic carbocycles. The van der Waals surface area contributed by atoms with E-state index in [1.807, 2.05) is 6.07 Å². The number of carbonyl (C=O) groups excluding carboxylic acids is 1. The molecule has 108 valence electrons.